The molecule has 3 heteroatoms. The van der Waals surface area contributed by atoms with E-state index in [1.165, 1.54) is 11.1 Å². The third kappa shape index (κ3) is 4.96. The quantitative estimate of drug-likeness (QED) is 0.245. The van der Waals surface area contributed by atoms with Crippen molar-refractivity contribution in [2.24, 2.45) is 5.92 Å². The molecule has 1 N–H and O–H groups in total. The summed E-state index contributed by atoms with van der Waals surface area (Å²) in [5.74, 6) is 1.76. The van der Waals surface area contributed by atoms with Gasteiger partial charge in [-0.15, -0.1) is 0 Å². The minimum Gasteiger partial charge on any atom is -0.456 e. The van der Waals surface area contributed by atoms with Crippen molar-refractivity contribution in [3.8, 4) is 22.6 Å². The summed E-state index contributed by atoms with van der Waals surface area (Å²) in [6.45, 7) is 3.81. The van der Waals surface area contributed by atoms with Crippen LogP contribution >= 0.6 is 0 Å². The maximum Gasteiger partial charge on any atom is 0.135 e. The van der Waals surface area contributed by atoms with Crippen molar-refractivity contribution in [1.82, 2.24) is 0 Å². The van der Waals surface area contributed by atoms with E-state index < -0.39 is 5.60 Å². The summed E-state index contributed by atoms with van der Waals surface area (Å²) in [7, 11) is 0. The van der Waals surface area contributed by atoms with Crippen LogP contribution in [0.3, 0.4) is 0 Å². The average molecular weight is 487 g/mol. The lowest BCUT2D eigenvalue weighted by Crippen LogP contribution is -2.34. The molecule has 0 unspecified atom stereocenters. The van der Waals surface area contributed by atoms with Crippen molar-refractivity contribution < 1.29 is 13.9 Å². The van der Waals surface area contributed by atoms with Gasteiger partial charge in [0.25, 0.3) is 0 Å². The predicted molar refractivity (Wildman–Crippen MR) is 150 cm³/mol. The first-order valence-corrected chi connectivity index (χ1v) is 12.8. The molecule has 6 rings (SSSR count). The summed E-state index contributed by atoms with van der Waals surface area (Å²) in [5.41, 5.74) is 5.40. The van der Waals surface area contributed by atoms with Crippen molar-refractivity contribution in [2.45, 2.75) is 32.3 Å². The molecule has 2 heterocycles. The van der Waals surface area contributed by atoms with E-state index in [-0.39, 0.29) is 5.92 Å². The third-order valence-corrected chi connectivity index (χ3v) is 7.24. The second-order valence-corrected chi connectivity index (χ2v) is 10.5. The molecule has 0 aliphatic heterocycles. The molecule has 0 bridgehead atoms. The molecular formula is C34H30O3. The molecule has 2 aromatic heterocycles. The number of rotatable bonds is 7. The van der Waals surface area contributed by atoms with Gasteiger partial charge in [0.2, 0.25) is 0 Å². The second-order valence-electron chi connectivity index (χ2n) is 10.5. The van der Waals surface area contributed by atoms with Crippen molar-refractivity contribution in [1.29, 1.82) is 0 Å². The SMILES string of the molecule is CC(C)(O)C(Cc1cccc(-c2cc3ccccc3o2)c1)Cc1cccc(-c2cc3ccccc3o2)c1. The number of hydrogen-bond donors (Lipinski definition) is 1. The number of aliphatic hydroxyl groups is 1. The molecule has 0 atom stereocenters. The fourth-order valence-corrected chi connectivity index (χ4v) is 5.09. The van der Waals surface area contributed by atoms with Gasteiger partial charge >= 0.3 is 0 Å². The zero-order valence-corrected chi connectivity index (χ0v) is 21.1. The Labute approximate surface area is 217 Å². The van der Waals surface area contributed by atoms with Gasteiger partial charge in [-0.25, -0.2) is 0 Å². The van der Waals surface area contributed by atoms with Crippen LogP contribution in [0.4, 0.5) is 0 Å². The van der Waals surface area contributed by atoms with Crippen LogP contribution in [0.15, 0.2) is 118 Å². The Morgan fingerprint density at radius 3 is 1.49 bits per heavy atom. The second kappa shape index (κ2) is 9.42. The highest BCUT2D eigenvalue weighted by atomic mass is 16.3. The van der Waals surface area contributed by atoms with Gasteiger partial charge in [-0.2, -0.15) is 0 Å². The van der Waals surface area contributed by atoms with E-state index in [0.29, 0.717) is 0 Å². The van der Waals surface area contributed by atoms with Gasteiger partial charge in [0.05, 0.1) is 5.60 Å². The van der Waals surface area contributed by atoms with Crippen LogP contribution in [0.5, 0.6) is 0 Å². The normalized spacial score (nSPS) is 12.1. The average Bonchev–Trinajstić information content (AvgIpc) is 3.53. The van der Waals surface area contributed by atoms with E-state index in [9.17, 15) is 5.11 Å². The van der Waals surface area contributed by atoms with Gasteiger partial charge in [-0.05, 0) is 80.1 Å². The first kappa shape index (κ1) is 23.3. The Balaban J connectivity index is 1.26. The van der Waals surface area contributed by atoms with Crippen LogP contribution in [-0.4, -0.2) is 10.7 Å². The molecule has 0 aliphatic rings. The van der Waals surface area contributed by atoms with Crippen LogP contribution < -0.4 is 0 Å². The van der Waals surface area contributed by atoms with Gasteiger partial charge in [-0.3, -0.25) is 0 Å². The Bertz CT molecular complexity index is 1490. The van der Waals surface area contributed by atoms with Crippen molar-refractivity contribution in [3.63, 3.8) is 0 Å². The van der Waals surface area contributed by atoms with Crippen LogP contribution in [0.1, 0.15) is 25.0 Å². The minimum absolute atomic E-state index is 0.0318. The Morgan fingerprint density at radius 2 is 1.05 bits per heavy atom. The Morgan fingerprint density at radius 1 is 0.595 bits per heavy atom. The monoisotopic (exact) mass is 486 g/mol. The highest BCUT2D eigenvalue weighted by molar-refractivity contribution is 5.83. The van der Waals surface area contributed by atoms with Crippen LogP contribution in [0, 0.1) is 5.92 Å². The smallest absolute Gasteiger partial charge is 0.135 e. The molecule has 0 spiro atoms. The largest absolute Gasteiger partial charge is 0.456 e. The Kier molecular flexibility index (Phi) is 5.94. The van der Waals surface area contributed by atoms with E-state index in [0.717, 1.165) is 57.4 Å². The Hall–Kier alpha value is -4.08. The molecule has 4 aromatic carbocycles. The lowest BCUT2D eigenvalue weighted by molar-refractivity contribution is 0.0171. The summed E-state index contributed by atoms with van der Waals surface area (Å²) >= 11 is 0. The summed E-state index contributed by atoms with van der Waals surface area (Å²) in [6.07, 6.45) is 1.51. The number of para-hydroxylation sites is 2. The van der Waals surface area contributed by atoms with E-state index >= 15 is 0 Å². The van der Waals surface area contributed by atoms with Crippen LogP contribution in [0.25, 0.3) is 44.6 Å². The highest BCUT2D eigenvalue weighted by Crippen LogP contribution is 2.32. The molecule has 0 aliphatic carbocycles. The van der Waals surface area contributed by atoms with Gasteiger partial charge in [0.15, 0.2) is 0 Å². The molecule has 37 heavy (non-hydrogen) atoms. The first-order chi connectivity index (χ1) is 17.9. The molecule has 3 nitrogen and oxygen atoms in total. The van der Waals surface area contributed by atoms with Crippen LogP contribution in [-0.2, 0) is 12.8 Å². The fourth-order valence-electron chi connectivity index (χ4n) is 5.09. The van der Waals surface area contributed by atoms with Crippen molar-refractivity contribution in [3.05, 3.63) is 120 Å². The molecule has 6 aromatic rings. The number of benzene rings is 4. The molecule has 0 saturated heterocycles. The standard InChI is InChI=1S/C34H30O3/c1-34(2,35)29(19-23-9-7-13-25(17-23)32-21-27-11-3-5-15-30(27)36-32)20-24-10-8-14-26(18-24)33-22-28-12-4-6-16-31(28)37-33/h3-18,21-22,29,35H,19-20H2,1-2H3. The van der Waals surface area contributed by atoms with Crippen LogP contribution in [0.2, 0.25) is 0 Å². The summed E-state index contributed by atoms with van der Waals surface area (Å²) < 4.78 is 12.2. The highest BCUT2D eigenvalue weighted by Gasteiger charge is 2.27. The first-order valence-electron chi connectivity index (χ1n) is 12.8. The topological polar surface area (TPSA) is 46.5 Å². The van der Waals surface area contributed by atoms with E-state index in [1.54, 1.807) is 0 Å². The fraction of sp³-hybridized carbons (Fsp3) is 0.176. The lowest BCUT2D eigenvalue weighted by atomic mass is 9.80. The van der Waals surface area contributed by atoms with E-state index in [1.807, 2.05) is 50.2 Å². The van der Waals surface area contributed by atoms with Gasteiger partial charge < -0.3 is 13.9 Å². The van der Waals surface area contributed by atoms with E-state index in [2.05, 4.69) is 72.8 Å². The number of fused-ring (bicyclic) bond motifs is 2. The lowest BCUT2D eigenvalue weighted by Gasteiger charge is -2.30. The van der Waals surface area contributed by atoms with Gasteiger partial charge in [0, 0.05) is 21.9 Å². The maximum atomic E-state index is 11.1. The zero-order valence-electron chi connectivity index (χ0n) is 21.1. The van der Waals surface area contributed by atoms with Crippen molar-refractivity contribution in [2.75, 3.05) is 0 Å². The molecule has 0 fully saturated rings. The van der Waals surface area contributed by atoms with Crippen molar-refractivity contribution >= 4 is 21.9 Å². The number of furan rings is 2. The molecule has 0 amide bonds. The van der Waals surface area contributed by atoms with Gasteiger partial charge in [-0.1, -0.05) is 72.8 Å². The van der Waals surface area contributed by atoms with E-state index in [4.69, 9.17) is 8.83 Å². The minimum atomic E-state index is -0.843. The third-order valence-electron chi connectivity index (χ3n) is 7.24. The summed E-state index contributed by atoms with van der Waals surface area (Å²) in [5, 5.41) is 13.3. The number of hydrogen-bond acceptors (Lipinski definition) is 3. The molecule has 184 valence electrons. The molecule has 0 radical (unpaired) electrons. The predicted octanol–water partition coefficient (Wildman–Crippen LogP) is 8.69. The summed E-state index contributed by atoms with van der Waals surface area (Å²) in [6, 6.07) is 37.3. The summed E-state index contributed by atoms with van der Waals surface area (Å²) in [4.78, 5) is 0. The van der Waals surface area contributed by atoms with Gasteiger partial charge in [0.1, 0.15) is 22.7 Å². The maximum absolute atomic E-state index is 11.1. The molecular weight excluding hydrogens is 456 g/mol. The molecule has 0 saturated carbocycles. The zero-order chi connectivity index (χ0) is 25.4.